The van der Waals surface area contributed by atoms with Crippen molar-refractivity contribution in [2.24, 2.45) is 0 Å². The van der Waals surface area contributed by atoms with Gasteiger partial charge in [-0.05, 0) is 31.0 Å². The first-order valence-corrected chi connectivity index (χ1v) is 8.12. The van der Waals surface area contributed by atoms with Crippen LogP contribution in [0.5, 0.6) is 5.75 Å². The van der Waals surface area contributed by atoms with E-state index in [9.17, 15) is 9.59 Å². The standard InChI is InChI=1S/C17H23N3O3.ClH/c1-23-15-6-2-4-13(10-15)17(22)19-8-3-5-14(12-19)20-9-7-18-11-16(20)21;/h2,4,6,10,14,18H,3,5,7-9,11-12H2,1H3;1H. The minimum atomic E-state index is 0. The molecule has 1 N–H and O–H groups in total. The summed E-state index contributed by atoms with van der Waals surface area (Å²) < 4.78 is 5.19. The van der Waals surface area contributed by atoms with E-state index < -0.39 is 0 Å². The summed E-state index contributed by atoms with van der Waals surface area (Å²) in [6, 6.07) is 7.36. The molecule has 0 aliphatic carbocycles. The van der Waals surface area contributed by atoms with Gasteiger partial charge in [0.05, 0.1) is 13.7 Å². The van der Waals surface area contributed by atoms with Crippen molar-refractivity contribution >= 4 is 24.2 Å². The third-order valence-electron chi connectivity index (χ3n) is 4.57. The largest absolute Gasteiger partial charge is 0.497 e. The molecule has 2 fully saturated rings. The first kappa shape index (κ1) is 18.5. The predicted octanol–water partition coefficient (Wildman–Crippen LogP) is 1.15. The number of carbonyl (C=O) groups is 2. The molecular weight excluding hydrogens is 330 g/mol. The highest BCUT2D eigenvalue weighted by atomic mass is 35.5. The van der Waals surface area contributed by atoms with Gasteiger partial charge in [0.15, 0.2) is 0 Å². The second-order valence-corrected chi connectivity index (χ2v) is 6.04. The summed E-state index contributed by atoms with van der Waals surface area (Å²) >= 11 is 0. The molecule has 2 saturated heterocycles. The van der Waals surface area contributed by atoms with Gasteiger partial charge in [0.1, 0.15) is 5.75 Å². The van der Waals surface area contributed by atoms with Gasteiger partial charge in [-0.1, -0.05) is 6.07 Å². The molecule has 1 atom stereocenters. The molecule has 2 heterocycles. The molecule has 2 amide bonds. The van der Waals surface area contributed by atoms with E-state index in [-0.39, 0.29) is 30.3 Å². The molecule has 0 saturated carbocycles. The SMILES string of the molecule is COc1cccc(C(=O)N2CCCC(N3CCNCC3=O)C2)c1.Cl. The molecule has 6 nitrogen and oxygen atoms in total. The number of amides is 2. The molecule has 0 radical (unpaired) electrons. The fourth-order valence-corrected chi connectivity index (χ4v) is 3.34. The molecule has 132 valence electrons. The van der Waals surface area contributed by atoms with Crippen LogP contribution in [0.15, 0.2) is 24.3 Å². The number of methoxy groups -OCH3 is 1. The first-order valence-electron chi connectivity index (χ1n) is 8.12. The topological polar surface area (TPSA) is 61.9 Å². The zero-order valence-electron chi connectivity index (χ0n) is 13.9. The minimum absolute atomic E-state index is 0. The Morgan fingerprint density at radius 2 is 2.17 bits per heavy atom. The van der Waals surface area contributed by atoms with Gasteiger partial charge in [-0.3, -0.25) is 9.59 Å². The lowest BCUT2D eigenvalue weighted by Crippen LogP contribution is -2.57. The summed E-state index contributed by atoms with van der Waals surface area (Å²) in [5.74, 6) is 0.829. The molecule has 0 spiro atoms. The van der Waals surface area contributed by atoms with Crippen LogP contribution in [-0.2, 0) is 4.79 Å². The molecule has 24 heavy (non-hydrogen) atoms. The Bertz CT molecular complexity index is 596. The molecule has 1 aromatic rings. The normalized spacial score (nSPS) is 21.2. The van der Waals surface area contributed by atoms with E-state index in [1.165, 1.54) is 0 Å². The van der Waals surface area contributed by atoms with Crippen LogP contribution in [0.1, 0.15) is 23.2 Å². The molecule has 0 aromatic heterocycles. The highest BCUT2D eigenvalue weighted by Crippen LogP contribution is 2.20. The minimum Gasteiger partial charge on any atom is -0.497 e. The summed E-state index contributed by atoms with van der Waals surface area (Å²) in [6.45, 7) is 3.31. The van der Waals surface area contributed by atoms with Crippen LogP contribution < -0.4 is 10.1 Å². The molecule has 1 unspecified atom stereocenters. The summed E-state index contributed by atoms with van der Waals surface area (Å²) in [5, 5.41) is 3.09. The molecule has 2 aliphatic rings. The maximum absolute atomic E-state index is 12.7. The van der Waals surface area contributed by atoms with Gasteiger partial charge in [0.25, 0.3) is 5.91 Å². The van der Waals surface area contributed by atoms with Crippen LogP contribution in [-0.4, -0.2) is 67.5 Å². The Morgan fingerprint density at radius 3 is 2.92 bits per heavy atom. The lowest BCUT2D eigenvalue weighted by Gasteiger charge is -2.41. The number of likely N-dealkylation sites (tertiary alicyclic amines) is 1. The highest BCUT2D eigenvalue weighted by Gasteiger charge is 2.31. The third kappa shape index (κ3) is 3.99. The molecule has 0 bridgehead atoms. The van der Waals surface area contributed by atoms with Crippen LogP contribution in [0.4, 0.5) is 0 Å². The number of piperazine rings is 1. The van der Waals surface area contributed by atoms with Gasteiger partial charge in [0.2, 0.25) is 5.91 Å². The van der Waals surface area contributed by atoms with E-state index in [1.807, 2.05) is 28.0 Å². The molecule has 1 aromatic carbocycles. The Kier molecular flexibility index (Phi) is 6.45. The Hall–Kier alpha value is -1.79. The Morgan fingerprint density at radius 1 is 1.33 bits per heavy atom. The van der Waals surface area contributed by atoms with Gasteiger partial charge in [-0.2, -0.15) is 0 Å². The fraction of sp³-hybridized carbons (Fsp3) is 0.529. The number of hydrogen-bond donors (Lipinski definition) is 1. The summed E-state index contributed by atoms with van der Waals surface area (Å²) in [6.07, 6.45) is 1.89. The highest BCUT2D eigenvalue weighted by molar-refractivity contribution is 5.94. The van der Waals surface area contributed by atoms with E-state index in [0.29, 0.717) is 24.4 Å². The number of hydrogen-bond acceptors (Lipinski definition) is 4. The number of carbonyl (C=O) groups excluding carboxylic acids is 2. The summed E-state index contributed by atoms with van der Waals surface area (Å²) in [5.41, 5.74) is 0.636. The smallest absolute Gasteiger partial charge is 0.254 e. The number of rotatable bonds is 3. The van der Waals surface area contributed by atoms with E-state index in [1.54, 1.807) is 13.2 Å². The number of halogens is 1. The van der Waals surface area contributed by atoms with Crippen LogP contribution in [0.25, 0.3) is 0 Å². The molecule has 7 heteroatoms. The maximum Gasteiger partial charge on any atom is 0.254 e. The van der Waals surface area contributed by atoms with Crippen molar-refractivity contribution in [1.29, 1.82) is 0 Å². The van der Waals surface area contributed by atoms with Crippen LogP contribution in [0, 0.1) is 0 Å². The first-order chi connectivity index (χ1) is 11.2. The number of ether oxygens (including phenoxy) is 1. The zero-order valence-corrected chi connectivity index (χ0v) is 14.7. The van der Waals surface area contributed by atoms with Crippen LogP contribution >= 0.6 is 12.4 Å². The van der Waals surface area contributed by atoms with Crippen molar-refractivity contribution in [3.05, 3.63) is 29.8 Å². The molecule has 3 rings (SSSR count). The van der Waals surface area contributed by atoms with Gasteiger partial charge in [0, 0.05) is 37.8 Å². The predicted molar refractivity (Wildman–Crippen MR) is 93.8 cm³/mol. The quantitative estimate of drug-likeness (QED) is 0.885. The zero-order chi connectivity index (χ0) is 16.2. The number of nitrogens with zero attached hydrogens (tertiary/aromatic N) is 2. The fourth-order valence-electron chi connectivity index (χ4n) is 3.34. The number of benzene rings is 1. The lowest BCUT2D eigenvalue weighted by molar-refractivity contribution is -0.135. The van der Waals surface area contributed by atoms with Gasteiger partial charge in [-0.25, -0.2) is 0 Å². The van der Waals surface area contributed by atoms with Crippen molar-refractivity contribution in [3.63, 3.8) is 0 Å². The van der Waals surface area contributed by atoms with E-state index in [4.69, 9.17) is 4.74 Å². The number of nitrogens with one attached hydrogen (secondary N) is 1. The van der Waals surface area contributed by atoms with Gasteiger partial charge in [-0.15, -0.1) is 12.4 Å². The van der Waals surface area contributed by atoms with Crippen molar-refractivity contribution < 1.29 is 14.3 Å². The Balaban J connectivity index is 0.00000208. The van der Waals surface area contributed by atoms with Crippen molar-refractivity contribution in [3.8, 4) is 5.75 Å². The van der Waals surface area contributed by atoms with Crippen molar-refractivity contribution in [2.45, 2.75) is 18.9 Å². The van der Waals surface area contributed by atoms with Crippen LogP contribution in [0.3, 0.4) is 0 Å². The lowest BCUT2D eigenvalue weighted by atomic mass is 10.0. The van der Waals surface area contributed by atoms with Gasteiger partial charge >= 0.3 is 0 Å². The van der Waals surface area contributed by atoms with E-state index in [2.05, 4.69) is 5.32 Å². The summed E-state index contributed by atoms with van der Waals surface area (Å²) in [7, 11) is 1.59. The molecule has 2 aliphatic heterocycles. The van der Waals surface area contributed by atoms with E-state index in [0.717, 1.165) is 32.5 Å². The average molecular weight is 354 g/mol. The maximum atomic E-state index is 12.7. The van der Waals surface area contributed by atoms with E-state index >= 15 is 0 Å². The number of piperidine rings is 1. The second-order valence-electron chi connectivity index (χ2n) is 6.04. The Labute approximate surface area is 148 Å². The van der Waals surface area contributed by atoms with Crippen LogP contribution in [0.2, 0.25) is 0 Å². The van der Waals surface area contributed by atoms with Gasteiger partial charge < -0.3 is 19.9 Å². The molecular formula is C17H24ClN3O3. The summed E-state index contributed by atoms with van der Waals surface area (Å²) in [4.78, 5) is 28.6. The monoisotopic (exact) mass is 353 g/mol. The average Bonchev–Trinajstić information content (AvgIpc) is 2.61. The third-order valence-corrected chi connectivity index (χ3v) is 4.57. The second kappa shape index (κ2) is 8.35. The van der Waals surface area contributed by atoms with Crippen molar-refractivity contribution in [2.75, 3.05) is 39.8 Å². The van der Waals surface area contributed by atoms with Crippen molar-refractivity contribution in [1.82, 2.24) is 15.1 Å².